The summed E-state index contributed by atoms with van der Waals surface area (Å²) in [7, 11) is 0. The van der Waals surface area contributed by atoms with Gasteiger partial charge in [0.2, 0.25) is 0 Å². The number of carboxylic acid groups (broad SMARTS) is 1. The topological polar surface area (TPSA) is 63.3 Å². The van der Waals surface area contributed by atoms with E-state index in [1.165, 1.54) is 0 Å². The van der Waals surface area contributed by atoms with Crippen molar-refractivity contribution in [2.45, 2.75) is 34.1 Å². The third-order valence-corrected chi connectivity index (χ3v) is 1.73. The number of aryl methyl sites for hydroxylation is 1. The van der Waals surface area contributed by atoms with Crippen LogP contribution in [-0.2, 0) is 6.42 Å². The Kier molecular flexibility index (Phi) is 2.64. The molecule has 0 fully saturated rings. The van der Waals surface area contributed by atoms with Gasteiger partial charge in [-0.2, -0.15) is 0 Å². The summed E-state index contributed by atoms with van der Waals surface area (Å²) in [4.78, 5) is 14.6. The van der Waals surface area contributed by atoms with Crippen LogP contribution in [0.5, 0.6) is 0 Å². The zero-order chi connectivity index (χ0) is 10.9. The van der Waals surface area contributed by atoms with Gasteiger partial charge in [0.15, 0.2) is 11.6 Å². The molecule has 4 heteroatoms. The summed E-state index contributed by atoms with van der Waals surface area (Å²) in [5.41, 5.74) is 0.0665. The first-order valence-corrected chi connectivity index (χ1v) is 4.49. The molecule has 78 valence electrons. The zero-order valence-electron chi connectivity index (χ0n) is 8.92. The summed E-state index contributed by atoms with van der Waals surface area (Å²) >= 11 is 0. The molecule has 0 bridgehead atoms. The maximum atomic E-state index is 10.7. The van der Waals surface area contributed by atoms with E-state index in [4.69, 9.17) is 9.52 Å². The summed E-state index contributed by atoms with van der Waals surface area (Å²) in [5, 5.41) is 8.75. The number of oxazole rings is 1. The lowest BCUT2D eigenvalue weighted by Gasteiger charge is -2.14. The number of aromatic nitrogens is 1. The molecule has 1 N–H and O–H groups in total. The molecule has 1 heterocycles. The highest BCUT2D eigenvalue weighted by Gasteiger charge is 2.20. The number of aromatic carboxylic acids is 1. The molecule has 1 rings (SSSR count). The van der Waals surface area contributed by atoms with Crippen LogP contribution >= 0.6 is 0 Å². The Bertz CT molecular complexity index is 347. The molecular weight excluding hydrogens is 182 g/mol. The van der Waals surface area contributed by atoms with Gasteiger partial charge in [0.05, 0.1) is 0 Å². The molecule has 1 aromatic heterocycles. The third-order valence-electron chi connectivity index (χ3n) is 1.73. The lowest BCUT2D eigenvalue weighted by Crippen LogP contribution is -2.09. The van der Waals surface area contributed by atoms with E-state index in [9.17, 15) is 4.79 Å². The molecule has 1 aromatic rings. The van der Waals surface area contributed by atoms with Crippen molar-refractivity contribution in [2.24, 2.45) is 5.41 Å². The van der Waals surface area contributed by atoms with Crippen LogP contribution in [0, 0.1) is 12.3 Å². The highest BCUT2D eigenvalue weighted by Crippen LogP contribution is 2.21. The minimum Gasteiger partial charge on any atom is -0.476 e. The first-order chi connectivity index (χ1) is 6.29. The fourth-order valence-corrected chi connectivity index (χ4v) is 1.18. The normalized spacial score (nSPS) is 11.7. The maximum absolute atomic E-state index is 10.7. The molecule has 0 saturated carbocycles. The standard InChI is InChI=1S/C10H15NO3/c1-6-8(9(12)13)11-7(14-6)5-10(2,3)4/h5H2,1-4H3,(H,12,13). The van der Waals surface area contributed by atoms with E-state index in [1.54, 1.807) is 6.92 Å². The molecule has 0 spiro atoms. The van der Waals surface area contributed by atoms with Gasteiger partial charge in [0.1, 0.15) is 5.76 Å². The largest absolute Gasteiger partial charge is 0.476 e. The minimum atomic E-state index is -1.04. The average molecular weight is 197 g/mol. The predicted octanol–water partition coefficient (Wildman–Crippen LogP) is 2.27. The minimum absolute atomic E-state index is 0.0178. The van der Waals surface area contributed by atoms with Gasteiger partial charge in [-0.25, -0.2) is 9.78 Å². The molecular formula is C10H15NO3. The Balaban J connectivity index is 2.92. The highest BCUT2D eigenvalue weighted by molar-refractivity contribution is 5.86. The van der Waals surface area contributed by atoms with E-state index >= 15 is 0 Å². The molecule has 0 radical (unpaired) electrons. The van der Waals surface area contributed by atoms with Crippen molar-refractivity contribution in [3.8, 4) is 0 Å². The van der Waals surface area contributed by atoms with Crippen LogP contribution in [0.3, 0.4) is 0 Å². The second kappa shape index (κ2) is 3.44. The van der Waals surface area contributed by atoms with Crippen LogP contribution < -0.4 is 0 Å². The first kappa shape index (κ1) is 10.8. The Morgan fingerprint density at radius 1 is 1.50 bits per heavy atom. The van der Waals surface area contributed by atoms with Gasteiger partial charge in [0, 0.05) is 6.42 Å². The van der Waals surface area contributed by atoms with Gasteiger partial charge in [-0.05, 0) is 12.3 Å². The van der Waals surface area contributed by atoms with Crippen molar-refractivity contribution in [3.63, 3.8) is 0 Å². The average Bonchev–Trinajstić information content (AvgIpc) is 2.26. The van der Waals surface area contributed by atoms with Gasteiger partial charge in [0.25, 0.3) is 0 Å². The first-order valence-electron chi connectivity index (χ1n) is 4.49. The van der Waals surface area contributed by atoms with E-state index < -0.39 is 5.97 Å². The fourth-order valence-electron chi connectivity index (χ4n) is 1.18. The maximum Gasteiger partial charge on any atom is 0.358 e. The van der Waals surface area contributed by atoms with Crippen molar-refractivity contribution in [1.82, 2.24) is 4.98 Å². The van der Waals surface area contributed by atoms with E-state index in [-0.39, 0.29) is 11.1 Å². The number of carbonyl (C=O) groups is 1. The van der Waals surface area contributed by atoms with Crippen LogP contribution in [0.1, 0.15) is 42.9 Å². The van der Waals surface area contributed by atoms with Gasteiger partial charge < -0.3 is 9.52 Å². The molecule has 0 aliphatic rings. The van der Waals surface area contributed by atoms with Crippen LogP contribution in [0.15, 0.2) is 4.42 Å². The van der Waals surface area contributed by atoms with Gasteiger partial charge in [-0.1, -0.05) is 20.8 Å². The number of nitrogens with zero attached hydrogens (tertiary/aromatic N) is 1. The third kappa shape index (κ3) is 2.58. The van der Waals surface area contributed by atoms with Crippen molar-refractivity contribution < 1.29 is 14.3 Å². The zero-order valence-corrected chi connectivity index (χ0v) is 8.92. The van der Waals surface area contributed by atoms with Crippen molar-refractivity contribution in [2.75, 3.05) is 0 Å². The molecule has 0 aromatic carbocycles. The van der Waals surface area contributed by atoms with Crippen LogP contribution in [0.2, 0.25) is 0 Å². The number of carboxylic acids is 1. The second-order valence-electron chi connectivity index (χ2n) is 4.55. The van der Waals surface area contributed by atoms with Crippen LogP contribution in [0.4, 0.5) is 0 Å². The summed E-state index contributed by atoms with van der Waals surface area (Å²) in [5.74, 6) is -0.171. The number of hydrogen-bond donors (Lipinski definition) is 1. The Morgan fingerprint density at radius 3 is 2.43 bits per heavy atom. The van der Waals surface area contributed by atoms with Crippen LogP contribution in [0.25, 0.3) is 0 Å². The van der Waals surface area contributed by atoms with E-state index in [1.807, 2.05) is 20.8 Å². The molecule has 0 aliphatic heterocycles. The monoisotopic (exact) mass is 197 g/mol. The van der Waals surface area contributed by atoms with Gasteiger partial charge in [-0.15, -0.1) is 0 Å². The summed E-state index contributed by atoms with van der Waals surface area (Å²) < 4.78 is 5.26. The SMILES string of the molecule is Cc1oc(CC(C)(C)C)nc1C(=O)O. The Hall–Kier alpha value is -1.32. The predicted molar refractivity (Wildman–Crippen MR) is 51.4 cm³/mol. The van der Waals surface area contributed by atoms with E-state index in [2.05, 4.69) is 4.98 Å². The smallest absolute Gasteiger partial charge is 0.358 e. The molecule has 4 nitrogen and oxygen atoms in total. The molecule has 0 amide bonds. The van der Waals surface area contributed by atoms with Crippen molar-refractivity contribution >= 4 is 5.97 Å². The molecule has 0 unspecified atom stereocenters. The second-order valence-corrected chi connectivity index (χ2v) is 4.55. The quantitative estimate of drug-likeness (QED) is 0.789. The molecule has 0 atom stereocenters. The van der Waals surface area contributed by atoms with Gasteiger partial charge in [-0.3, -0.25) is 0 Å². The van der Waals surface area contributed by atoms with Crippen molar-refractivity contribution in [1.29, 1.82) is 0 Å². The summed E-state index contributed by atoms with van der Waals surface area (Å²) in [6, 6.07) is 0. The summed E-state index contributed by atoms with van der Waals surface area (Å²) in [6.45, 7) is 7.76. The fraction of sp³-hybridized carbons (Fsp3) is 0.600. The molecule has 14 heavy (non-hydrogen) atoms. The van der Waals surface area contributed by atoms with E-state index in [0.717, 1.165) is 0 Å². The lowest BCUT2D eigenvalue weighted by molar-refractivity contribution is 0.0689. The highest BCUT2D eigenvalue weighted by atomic mass is 16.4. The Morgan fingerprint density at radius 2 is 2.07 bits per heavy atom. The van der Waals surface area contributed by atoms with E-state index in [0.29, 0.717) is 18.1 Å². The van der Waals surface area contributed by atoms with Crippen LogP contribution in [-0.4, -0.2) is 16.1 Å². The van der Waals surface area contributed by atoms with Crippen molar-refractivity contribution in [3.05, 3.63) is 17.3 Å². The lowest BCUT2D eigenvalue weighted by atomic mass is 9.92. The molecule has 0 saturated heterocycles. The summed E-state index contributed by atoms with van der Waals surface area (Å²) in [6.07, 6.45) is 0.640. The molecule has 0 aliphatic carbocycles. The number of hydrogen-bond acceptors (Lipinski definition) is 3. The van der Waals surface area contributed by atoms with Gasteiger partial charge >= 0.3 is 5.97 Å². The Labute approximate surface area is 83.0 Å². The number of rotatable bonds is 2.